The summed E-state index contributed by atoms with van der Waals surface area (Å²) in [5.41, 5.74) is 0.0910. The van der Waals surface area contributed by atoms with E-state index >= 15 is 0 Å². The molecule has 1 aromatic carbocycles. The zero-order valence-corrected chi connectivity index (χ0v) is 12.4. The molecule has 0 unspecified atom stereocenters. The van der Waals surface area contributed by atoms with Gasteiger partial charge in [0.25, 0.3) is 0 Å². The van der Waals surface area contributed by atoms with E-state index in [2.05, 4.69) is 11.9 Å². The lowest BCUT2D eigenvalue weighted by Crippen LogP contribution is -2.44. The standard InChI is InChI=1S/C13H16F2N2O.2ClH/c1-2-11(17-5-3-16-4-6-17)13-10(15)7-9(14)8-12(13)18;;/h2,7-8,11,16,18H,1,3-6H2;2*1H/t11-;;/m0../s1. The highest BCUT2D eigenvalue weighted by molar-refractivity contribution is 5.85. The first-order chi connectivity index (χ1) is 8.63. The first kappa shape index (κ1) is 19.1. The molecule has 114 valence electrons. The first-order valence-electron chi connectivity index (χ1n) is 5.88. The summed E-state index contributed by atoms with van der Waals surface area (Å²) in [6.07, 6.45) is 1.57. The lowest BCUT2D eigenvalue weighted by Gasteiger charge is -2.33. The van der Waals surface area contributed by atoms with E-state index in [1.165, 1.54) is 0 Å². The monoisotopic (exact) mass is 326 g/mol. The molecule has 0 spiro atoms. The molecule has 1 saturated heterocycles. The van der Waals surface area contributed by atoms with E-state index in [-0.39, 0.29) is 36.1 Å². The second-order valence-electron chi connectivity index (χ2n) is 4.29. The van der Waals surface area contributed by atoms with Crippen molar-refractivity contribution in [2.24, 2.45) is 0 Å². The fourth-order valence-electron chi connectivity index (χ4n) is 2.27. The van der Waals surface area contributed by atoms with Crippen LogP contribution >= 0.6 is 24.8 Å². The molecule has 3 nitrogen and oxygen atoms in total. The number of nitrogens with one attached hydrogen (secondary N) is 1. The van der Waals surface area contributed by atoms with Crippen LogP contribution in [0.4, 0.5) is 8.78 Å². The number of benzene rings is 1. The van der Waals surface area contributed by atoms with E-state index in [4.69, 9.17) is 0 Å². The van der Waals surface area contributed by atoms with Gasteiger partial charge in [0, 0.05) is 38.3 Å². The van der Waals surface area contributed by atoms with Crippen LogP contribution in [0.15, 0.2) is 24.8 Å². The zero-order chi connectivity index (χ0) is 13.1. The molecular weight excluding hydrogens is 309 g/mol. The van der Waals surface area contributed by atoms with Crippen LogP contribution in [0.1, 0.15) is 11.6 Å². The van der Waals surface area contributed by atoms with Crippen LogP contribution in [-0.2, 0) is 0 Å². The first-order valence-corrected chi connectivity index (χ1v) is 5.88. The summed E-state index contributed by atoms with van der Waals surface area (Å²) in [6.45, 7) is 6.74. The predicted octanol–water partition coefficient (Wildman–Crippen LogP) is 2.65. The Hall–Kier alpha value is -0.880. The second-order valence-corrected chi connectivity index (χ2v) is 4.29. The Labute approximate surface area is 129 Å². The molecule has 0 bridgehead atoms. The van der Waals surface area contributed by atoms with Crippen molar-refractivity contribution in [3.05, 3.63) is 42.0 Å². The Morgan fingerprint density at radius 3 is 2.35 bits per heavy atom. The quantitative estimate of drug-likeness (QED) is 0.838. The molecule has 2 rings (SSSR count). The molecule has 1 fully saturated rings. The number of halogens is 4. The number of hydrogen-bond acceptors (Lipinski definition) is 3. The molecule has 0 radical (unpaired) electrons. The minimum atomic E-state index is -0.781. The summed E-state index contributed by atoms with van der Waals surface area (Å²) in [6, 6.07) is 1.28. The Morgan fingerprint density at radius 2 is 1.85 bits per heavy atom. The lowest BCUT2D eigenvalue weighted by molar-refractivity contribution is 0.197. The minimum absolute atomic E-state index is 0. The van der Waals surface area contributed by atoms with Gasteiger partial charge in [-0.1, -0.05) is 6.08 Å². The van der Waals surface area contributed by atoms with Crippen molar-refractivity contribution < 1.29 is 13.9 Å². The largest absolute Gasteiger partial charge is 0.507 e. The maximum absolute atomic E-state index is 13.8. The molecule has 20 heavy (non-hydrogen) atoms. The van der Waals surface area contributed by atoms with Crippen LogP contribution in [0, 0.1) is 11.6 Å². The average Bonchev–Trinajstić information content (AvgIpc) is 2.34. The van der Waals surface area contributed by atoms with Crippen LogP contribution in [0.3, 0.4) is 0 Å². The van der Waals surface area contributed by atoms with Gasteiger partial charge in [-0.05, 0) is 0 Å². The molecule has 1 aliphatic heterocycles. The molecule has 0 saturated carbocycles. The number of piperazine rings is 1. The van der Waals surface area contributed by atoms with Crippen molar-refractivity contribution in [1.29, 1.82) is 0 Å². The van der Waals surface area contributed by atoms with Crippen LogP contribution < -0.4 is 5.32 Å². The normalized spacial score (nSPS) is 16.7. The van der Waals surface area contributed by atoms with E-state index in [1.54, 1.807) is 6.08 Å². The van der Waals surface area contributed by atoms with Crippen molar-refractivity contribution in [3.8, 4) is 5.75 Å². The maximum Gasteiger partial charge on any atom is 0.134 e. The molecule has 0 aromatic heterocycles. The molecular formula is C13H18Cl2F2N2O. The summed E-state index contributed by atoms with van der Waals surface area (Å²) in [7, 11) is 0. The molecule has 1 aromatic rings. The molecule has 1 aliphatic rings. The summed E-state index contributed by atoms with van der Waals surface area (Å²) in [4.78, 5) is 2.00. The van der Waals surface area contributed by atoms with Gasteiger partial charge in [-0.2, -0.15) is 0 Å². The van der Waals surface area contributed by atoms with Crippen molar-refractivity contribution in [2.45, 2.75) is 6.04 Å². The average molecular weight is 327 g/mol. The Balaban J connectivity index is 0.00000180. The number of rotatable bonds is 3. The van der Waals surface area contributed by atoms with Crippen LogP contribution in [0.5, 0.6) is 5.75 Å². The van der Waals surface area contributed by atoms with Crippen molar-refractivity contribution in [1.82, 2.24) is 10.2 Å². The Morgan fingerprint density at radius 1 is 1.25 bits per heavy atom. The third-order valence-corrected chi connectivity index (χ3v) is 3.14. The van der Waals surface area contributed by atoms with Gasteiger partial charge in [0.05, 0.1) is 11.6 Å². The van der Waals surface area contributed by atoms with Crippen LogP contribution in [0.25, 0.3) is 0 Å². The van der Waals surface area contributed by atoms with Crippen LogP contribution in [0.2, 0.25) is 0 Å². The highest BCUT2D eigenvalue weighted by Crippen LogP contribution is 2.32. The lowest BCUT2D eigenvalue weighted by atomic mass is 10.0. The SMILES string of the molecule is C=C[C@@H](c1c(O)cc(F)cc1F)N1CCNCC1.Cl.Cl. The Bertz CT molecular complexity index is 431. The van der Waals surface area contributed by atoms with Gasteiger partial charge < -0.3 is 10.4 Å². The summed E-state index contributed by atoms with van der Waals surface area (Å²) in [5, 5.41) is 12.9. The number of hydrogen-bond donors (Lipinski definition) is 2. The van der Waals surface area contributed by atoms with Gasteiger partial charge in [-0.15, -0.1) is 31.4 Å². The number of phenols is 1. The fourth-order valence-corrected chi connectivity index (χ4v) is 2.27. The van der Waals surface area contributed by atoms with Gasteiger partial charge in [0.1, 0.15) is 17.4 Å². The van der Waals surface area contributed by atoms with E-state index in [0.717, 1.165) is 38.3 Å². The third kappa shape index (κ3) is 4.06. The second kappa shape index (κ2) is 8.42. The highest BCUT2D eigenvalue weighted by Gasteiger charge is 2.25. The molecule has 7 heteroatoms. The van der Waals surface area contributed by atoms with E-state index in [9.17, 15) is 13.9 Å². The number of phenolic OH excluding ortho intramolecular Hbond substituents is 1. The smallest absolute Gasteiger partial charge is 0.134 e. The fraction of sp³-hybridized carbons (Fsp3) is 0.385. The molecule has 1 atom stereocenters. The molecule has 2 N–H and O–H groups in total. The van der Waals surface area contributed by atoms with Crippen molar-refractivity contribution in [2.75, 3.05) is 26.2 Å². The summed E-state index contributed by atoms with van der Waals surface area (Å²) in [5.74, 6) is -1.89. The Kier molecular flexibility index (Phi) is 8.05. The van der Waals surface area contributed by atoms with Gasteiger partial charge >= 0.3 is 0 Å². The van der Waals surface area contributed by atoms with E-state index in [1.807, 2.05) is 4.90 Å². The van der Waals surface area contributed by atoms with Gasteiger partial charge in [0.15, 0.2) is 0 Å². The number of nitrogens with zero attached hydrogens (tertiary/aromatic N) is 1. The summed E-state index contributed by atoms with van der Waals surface area (Å²) >= 11 is 0. The highest BCUT2D eigenvalue weighted by atomic mass is 35.5. The van der Waals surface area contributed by atoms with E-state index in [0.29, 0.717) is 0 Å². The van der Waals surface area contributed by atoms with Crippen molar-refractivity contribution >= 4 is 24.8 Å². The van der Waals surface area contributed by atoms with Crippen LogP contribution in [-0.4, -0.2) is 36.2 Å². The molecule has 0 amide bonds. The van der Waals surface area contributed by atoms with Gasteiger partial charge in [0.2, 0.25) is 0 Å². The predicted molar refractivity (Wildman–Crippen MR) is 79.9 cm³/mol. The minimum Gasteiger partial charge on any atom is -0.507 e. The van der Waals surface area contributed by atoms with Gasteiger partial charge in [-0.3, -0.25) is 4.90 Å². The van der Waals surface area contributed by atoms with E-state index < -0.39 is 17.7 Å². The van der Waals surface area contributed by atoms with Crippen molar-refractivity contribution in [3.63, 3.8) is 0 Å². The molecule has 1 heterocycles. The summed E-state index contributed by atoms with van der Waals surface area (Å²) < 4.78 is 26.8. The topological polar surface area (TPSA) is 35.5 Å². The maximum atomic E-state index is 13.8. The zero-order valence-electron chi connectivity index (χ0n) is 10.8. The third-order valence-electron chi connectivity index (χ3n) is 3.14. The number of aromatic hydroxyl groups is 1. The molecule has 0 aliphatic carbocycles. The van der Waals surface area contributed by atoms with Gasteiger partial charge in [-0.25, -0.2) is 8.78 Å².